The molecule has 0 aliphatic carbocycles. The molecule has 2 N–H and O–H groups in total. The minimum absolute atomic E-state index is 0.102. The first-order chi connectivity index (χ1) is 8.60. The van der Waals surface area contributed by atoms with Crippen molar-refractivity contribution in [3.05, 3.63) is 29.8 Å². The maximum Gasteiger partial charge on any atom is 0.253 e. The lowest BCUT2D eigenvalue weighted by atomic mass is 9.96. The normalized spacial score (nSPS) is 24.1. The maximum absolute atomic E-state index is 12.4. The molecule has 2 rings (SSSR count). The molecule has 2 atom stereocenters. The van der Waals surface area contributed by atoms with Crippen LogP contribution in [0.4, 0.5) is 0 Å². The fraction of sp³-hybridized carbons (Fsp3) is 0.500. The van der Waals surface area contributed by atoms with E-state index < -0.39 is 0 Å². The van der Waals surface area contributed by atoms with E-state index in [0.29, 0.717) is 12.5 Å². The van der Waals surface area contributed by atoms with E-state index in [9.17, 15) is 4.79 Å². The van der Waals surface area contributed by atoms with Crippen LogP contribution in [-0.4, -0.2) is 36.2 Å². The fourth-order valence-electron chi connectivity index (χ4n) is 2.48. The molecule has 1 amide bonds. The van der Waals surface area contributed by atoms with Crippen LogP contribution in [0.5, 0.6) is 0 Å². The summed E-state index contributed by atoms with van der Waals surface area (Å²) in [5.41, 5.74) is 6.74. The number of nitrogens with zero attached hydrogens (tertiary/aromatic N) is 1. The number of hydrogen-bond acceptors (Lipinski definition) is 3. The summed E-state index contributed by atoms with van der Waals surface area (Å²) in [6.07, 6.45) is 3.04. The SMILES string of the molecule is CSc1ccc(C(=O)N2CC(C)CC(N)C2)cc1. The van der Waals surface area contributed by atoms with Crippen molar-refractivity contribution >= 4 is 17.7 Å². The molecule has 1 aromatic rings. The molecule has 0 aromatic heterocycles. The zero-order chi connectivity index (χ0) is 13.1. The van der Waals surface area contributed by atoms with Gasteiger partial charge in [-0.1, -0.05) is 6.92 Å². The first kappa shape index (κ1) is 13.4. The van der Waals surface area contributed by atoms with Gasteiger partial charge in [-0.25, -0.2) is 0 Å². The predicted octanol–water partition coefficient (Wildman–Crippen LogP) is 2.22. The highest BCUT2D eigenvalue weighted by molar-refractivity contribution is 7.98. The van der Waals surface area contributed by atoms with Crippen molar-refractivity contribution < 1.29 is 4.79 Å². The molecule has 98 valence electrons. The maximum atomic E-state index is 12.4. The second-order valence-electron chi connectivity index (χ2n) is 5.04. The Hall–Kier alpha value is -1.00. The largest absolute Gasteiger partial charge is 0.337 e. The van der Waals surface area contributed by atoms with Crippen LogP contribution in [0.25, 0.3) is 0 Å². The van der Waals surface area contributed by atoms with E-state index in [-0.39, 0.29) is 11.9 Å². The molecular formula is C14H20N2OS. The second kappa shape index (κ2) is 5.76. The van der Waals surface area contributed by atoms with Crippen LogP contribution in [0.15, 0.2) is 29.2 Å². The summed E-state index contributed by atoms with van der Waals surface area (Å²) in [7, 11) is 0. The lowest BCUT2D eigenvalue weighted by Gasteiger charge is -2.34. The van der Waals surface area contributed by atoms with Crippen LogP contribution in [0, 0.1) is 5.92 Å². The number of carbonyl (C=O) groups is 1. The summed E-state index contributed by atoms with van der Waals surface area (Å²) in [6, 6.07) is 7.90. The summed E-state index contributed by atoms with van der Waals surface area (Å²) in [4.78, 5) is 15.4. The van der Waals surface area contributed by atoms with E-state index in [1.165, 1.54) is 4.90 Å². The molecule has 4 heteroatoms. The Morgan fingerprint density at radius 2 is 2.00 bits per heavy atom. The summed E-state index contributed by atoms with van der Waals surface area (Å²) in [5.74, 6) is 0.591. The van der Waals surface area contributed by atoms with E-state index in [4.69, 9.17) is 5.73 Å². The number of likely N-dealkylation sites (tertiary alicyclic amines) is 1. The van der Waals surface area contributed by atoms with Gasteiger partial charge < -0.3 is 10.6 Å². The summed E-state index contributed by atoms with van der Waals surface area (Å²) in [5, 5.41) is 0. The Morgan fingerprint density at radius 3 is 2.56 bits per heavy atom. The van der Waals surface area contributed by atoms with Crippen molar-refractivity contribution in [1.82, 2.24) is 4.90 Å². The average Bonchev–Trinajstić information content (AvgIpc) is 2.37. The Bertz CT molecular complexity index is 408. The number of rotatable bonds is 2. The van der Waals surface area contributed by atoms with Crippen LogP contribution in [0.1, 0.15) is 23.7 Å². The minimum atomic E-state index is 0.102. The number of thioether (sulfide) groups is 1. The van der Waals surface area contributed by atoms with Crippen LogP contribution < -0.4 is 5.73 Å². The Morgan fingerprint density at radius 1 is 1.33 bits per heavy atom. The van der Waals surface area contributed by atoms with Crippen molar-refractivity contribution in [3.63, 3.8) is 0 Å². The third-order valence-electron chi connectivity index (χ3n) is 3.32. The van der Waals surface area contributed by atoms with Crippen molar-refractivity contribution in [2.45, 2.75) is 24.3 Å². The van der Waals surface area contributed by atoms with Gasteiger partial charge in [-0.3, -0.25) is 4.79 Å². The number of benzene rings is 1. The molecule has 1 aliphatic rings. The lowest BCUT2D eigenvalue weighted by Crippen LogP contribution is -2.48. The van der Waals surface area contributed by atoms with Gasteiger partial charge >= 0.3 is 0 Å². The van der Waals surface area contributed by atoms with Gasteiger partial charge in [-0.15, -0.1) is 11.8 Å². The topological polar surface area (TPSA) is 46.3 Å². The minimum Gasteiger partial charge on any atom is -0.337 e. The molecule has 3 nitrogen and oxygen atoms in total. The number of carbonyl (C=O) groups excluding carboxylic acids is 1. The van der Waals surface area contributed by atoms with Gasteiger partial charge in [-0.2, -0.15) is 0 Å². The molecule has 2 unspecified atom stereocenters. The van der Waals surface area contributed by atoms with Gasteiger partial charge in [-0.05, 0) is 42.9 Å². The van der Waals surface area contributed by atoms with E-state index in [1.807, 2.05) is 35.4 Å². The van der Waals surface area contributed by atoms with Crippen LogP contribution >= 0.6 is 11.8 Å². The van der Waals surface area contributed by atoms with E-state index in [1.54, 1.807) is 11.8 Å². The zero-order valence-electron chi connectivity index (χ0n) is 10.9. The number of hydrogen-bond donors (Lipinski definition) is 1. The molecule has 1 aromatic carbocycles. The predicted molar refractivity (Wildman–Crippen MR) is 75.9 cm³/mol. The molecule has 1 aliphatic heterocycles. The number of piperidine rings is 1. The van der Waals surface area contributed by atoms with E-state index in [2.05, 4.69) is 6.92 Å². The zero-order valence-corrected chi connectivity index (χ0v) is 11.7. The first-order valence-corrected chi connectivity index (χ1v) is 7.51. The van der Waals surface area contributed by atoms with E-state index >= 15 is 0 Å². The number of amides is 1. The van der Waals surface area contributed by atoms with Gasteiger partial charge in [0, 0.05) is 29.6 Å². The third-order valence-corrected chi connectivity index (χ3v) is 4.06. The van der Waals surface area contributed by atoms with Gasteiger partial charge in [0.2, 0.25) is 0 Å². The van der Waals surface area contributed by atoms with Crippen LogP contribution in [-0.2, 0) is 0 Å². The Labute approximate surface area is 113 Å². The van der Waals surface area contributed by atoms with Gasteiger partial charge in [0.15, 0.2) is 0 Å². The highest BCUT2D eigenvalue weighted by Crippen LogP contribution is 2.19. The Balaban J connectivity index is 2.09. The lowest BCUT2D eigenvalue weighted by molar-refractivity contribution is 0.0661. The van der Waals surface area contributed by atoms with Crippen LogP contribution in [0.3, 0.4) is 0 Å². The molecule has 0 saturated carbocycles. The van der Waals surface area contributed by atoms with Gasteiger partial charge in [0.25, 0.3) is 5.91 Å². The molecule has 0 spiro atoms. The quantitative estimate of drug-likeness (QED) is 0.833. The monoisotopic (exact) mass is 264 g/mol. The first-order valence-electron chi connectivity index (χ1n) is 6.29. The average molecular weight is 264 g/mol. The van der Waals surface area contributed by atoms with Crippen molar-refractivity contribution in [3.8, 4) is 0 Å². The smallest absolute Gasteiger partial charge is 0.253 e. The highest BCUT2D eigenvalue weighted by atomic mass is 32.2. The number of nitrogens with two attached hydrogens (primary N) is 1. The molecular weight excluding hydrogens is 244 g/mol. The third kappa shape index (κ3) is 3.06. The van der Waals surface area contributed by atoms with Gasteiger partial charge in [0.05, 0.1) is 0 Å². The summed E-state index contributed by atoms with van der Waals surface area (Å²) < 4.78 is 0. The van der Waals surface area contributed by atoms with Crippen molar-refractivity contribution in [2.24, 2.45) is 11.7 Å². The molecule has 0 radical (unpaired) electrons. The second-order valence-corrected chi connectivity index (χ2v) is 5.92. The van der Waals surface area contributed by atoms with E-state index in [0.717, 1.165) is 18.5 Å². The van der Waals surface area contributed by atoms with Crippen LogP contribution in [0.2, 0.25) is 0 Å². The molecule has 1 heterocycles. The van der Waals surface area contributed by atoms with Crippen molar-refractivity contribution in [1.29, 1.82) is 0 Å². The summed E-state index contributed by atoms with van der Waals surface area (Å²) in [6.45, 7) is 3.64. The molecule has 0 bridgehead atoms. The molecule has 1 saturated heterocycles. The van der Waals surface area contributed by atoms with Gasteiger partial charge in [0.1, 0.15) is 0 Å². The fourth-order valence-corrected chi connectivity index (χ4v) is 2.89. The highest BCUT2D eigenvalue weighted by Gasteiger charge is 2.26. The summed E-state index contributed by atoms with van der Waals surface area (Å²) >= 11 is 1.68. The van der Waals surface area contributed by atoms with Crippen molar-refractivity contribution in [2.75, 3.05) is 19.3 Å². The molecule has 1 fully saturated rings. The standard InChI is InChI=1S/C14H20N2OS/c1-10-7-12(15)9-16(8-10)14(17)11-3-5-13(18-2)6-4-11/h3-6,10,12H,7-9,15H2,1-2H3. The molecule has 18 heavy (non-hydrogen) atoms. The Kier molecular flexibility index (Phi) is 4.30.